The first kappa shape index (κ1) is 20.5. The molecule has 2 aliphatic heterocycles. The molecule has 3 aromatic rings. The summed E-state index contributed by atoms with van der Waals surface area (Å²) in [5.41, 5.74) is 3.03. The van der Waals surface area contributed by atoms with Crippen LogP contribution in [0.5, 0.6) is 0 Å². The van der Waals surface area contributed by atoms with Crippen molar-refractivity contribution in [2.45, 2.75) is 6.04 Å². The number of anilines is 2. The summed E-state index contributed by atoms with van der Waals surface area (Å²) < 4.78 is 0. The van der Waals surface area contributed by atoms with Gasteiger partial charge in [0.2, 0.25) is 0 Å². The Balaban J connectivity index is 1.24. The zero-order valence-corrected chi connectivity index (χ0v) is 18.2. The molecule has 2 aliphatic rings. The Hall–Kier alpha value is -3.38. The highest BCUT2D eigenvalue weighted by molar-refractivity contribution is 5.93. The van der Waals surface area contributed by atoms with E-state index in [2.05, 4.69) is 63.6 Å². The summed E-state index contributed by atoms with van der Waals surface area (Å²) in [4.78, 5) is 24.5. The Morgan fingerprint density at radius 1 is 0.781 bits per heavy atom. The lowest BCUT2D eigenvalue weighted by atomic mass is 10.0. The number of carbonyl (C=O) groups excluding carboxylic acids is 1. The van der Waals surface area contributed by atoms with Gasteiger partial charge in [-0.05, 0) is 29.8 Å². The summed E-state index contributed by atoms with van der Waals surface area (Å²) in [6.07, 6.45) is 0. The Bertz CT molecular complexity index is 1030. The van der Waals surface area contributed by atoms with Gasteiger partial charge >= 0.3 is 0 Å². The molecule has 0 aliphatic carbocycles. The van der Waals surface area contributed by atoms with Gasteiger partial charge in [0.1, 0.15) is 11.5 Å². The smallest absolute Gasteiger partial charge is 0.272 e. The van der Waals surface area contributed by atoms with E-state index in [1.165, 1.54) is 11.3 Å². The highest BCUT2D eigenvalue weighted by Crippen LogP contribution is 2.22. The molecule has 1 amide bonds. The van der Waals surface area contributed by atoms with E-state index in [-0.39, 0.29) is 11.9 Å². The minimum Gasteiger partial charge on any atom is -0.368 e. The van der Waals surface area contributed by atoms with Crippen LogP contribution in [0.2, 0.25) is 0 Å². The van der Waals surface area contributed by atoms with E-state index >= 15 is 0 Å². The van der Waals surface area contributed by atoms with Crippen LogP contribution < -0.4 is 15.1 Å². The maximum atomic E-state index is 13.2. The number of hydrogen-bond donors (Lipinski definition) is 1. The van der Waals surface area contributed by atoms with Crippen LogP contribution >= 0.6 is 0 Å². The van der Waals surface area contributed by atoms with Gasteiger partial charge in [-0.2, -0.15) is 0 Å². The molecule has 1 N–H and O–H groups in total. The van der Waals surface area contributed by atoms with E-state index in [0.29, 0.717) is 18.8 Å². The molecule has 3 heterocycles. The van der Waals surface area contributed by atoms with Gasteiger partial charge in [-0.3, -0.25) is 4.79 Å². The van der Waals surface area contributed by atoms with Crippen LogP contribution in [0.1, 0.15) is 22.1 Å². The summed E-state index contributed by atoms with van der Waals surface area (Å²) in [5, 5.41) is 3.59. The van der Waals surface area contributed by atoms with Gasteiger partial charge in [-0.15, -0.1) is 0 Å². The molecule has 2 aromatic carbocycles. The first-order chi connectivity index (χ1) is 15.8. The number of carbonyl (C=O) groups is 1. The van der Waals surface area contributed by atoms with E-state index < -0.39 is 0 Å². The summed E-state index contributed by atoms with van der Waals surface area (Å²) in [7, 11) is 0. The van der Waals surface area contributed by atoms with Gasteiger partial charge in [-0.1, -0.05) is 54.6 Å². The molecule has 1 atom stereocenters. The first-order valence-corrected chi connectivity index (χ1v) is 11.4. The van der Waals surface area contributed by atoms with Crippen molar-refractivity contribution >= 4 is 17.4 Å². The van der Waals surface area contributed by atoms with Crippen molar-refractivity contribution < 1.29 is 4.79 Å². The average Bonchev–Trinajstić information content (AvgIpc) is 2.89. The zero-order chi connectivity index (χ0) is 21.8. The summed E-state index contributed by atoms with van der Waals surface area (Å²) in [5.74, 6) is 0.899. The quantitative estimate of drug-likeness (QED) is 0.693. The van der Waals surface area contributed by atoms with Crippen molar-refractivity contribution in [3.8, 4) is 0 Å². The molecule has 164 valence electrons. The van der Waals surface area contributed by atoms with E-state index in [1.54, 1.807) is 0 Å². The van der Waals surface area contributed by atoms with Gasteiger partial charge in [0.05, 0.1) is 0 Å². The first-order valence-electron chi connectivity index (χ1n) is 11.4. The Labute approximate surface area is 189 Å². The highest BCUT2D eigenvalue weighted by atomic mass is 16.2. The minimum absolute atomic E-state index is 0.0225. The number of aromatic nitrogens is 1. The van der Waals surface area contributed by atoms with Crippen LogP contribution in [0.25, 0.3) is 0 Å². The van der Waals surface area contributed by atoms with Gasteiger partial charge in [0, 0.05) is 57.5 Å². The van der Waals surface area contributed by atoms with Gasteiger partial charge in [0.25, 0.3) is 5.91 Å². The van der Waals surface area contributed by atoms with Crippen LogP contribution in [0.15, 0.2) is 78.9 Å². The van der Waals surface area contributed by atoms with Crippen molar-refractivity contribution in [1.29, 1.82) is 0 Å². The van der Waals surface area contributed by atoms with Crippen molar-refractivity contribution in [3.05, 3.63) is 90.1 Å². The second-order valence-corrected chi connectivity index (χ2v) is 8.36. The Morgan fingerprint density at radius 2 is 1.50 bits per heavy atom. The number of amides is 1. The van der Waals surface area contributed by atoms with Crippen molar-refractivity contribution in [2.24, 2.45) is 0 Å². The molecule has 2 fully saturated rings. The van der Waals surface area contributed by atoms with E-state index in [4.69, 9.17) is 4.98 Å². The Morgan fingerprint density at radius 3 is 2.25 bits per heavy atom. The number of pyridine rings is 1. The number of para-hydroxylation sites is 1. The van der Waals surface area contributed by atoms with Crippen LogP contribution in [-0.2, 0) is 0 Å². The molecule has 6 heteroatoms. The lowest BCUT2D eigenvalue weighted by molar-refractivity contribution is 0.0741. The number of nitrogens with zero attached hydrogens (tertiary/aromatic N) is 4. The minimum atomic E-state index is 0.0225. The third kappa shape index (κ3) is 4.46. The number of rotatable bonds is 4. The molecule has 32 heavy (non-hydrogen) atoms. The fourth-order valence-electron chi connectivity index (χ4n) is 4.55. The molecule has 0 unspecified atom stereocenters. The number of hydrogen-bond acceptors (Lipinski definition) is 5. The SMILES string of the molecule is O=C(c1cccc(N2CCN[C@H](c3ccccc3)C2)n1)N1CCN(c2ccccc2)CC1. The molecular weight excluding hydrogens is 398 g/mol. The van der Waals surface area contributed by atoms with Crippen molar-refractivity contribution in [2.75, 3.05) is 55.6 Å². The average molecular weight is 428 g/mol. The highest BCUT2D eigenvalue weighted by Gasteiger charge is 2.25. The molecule has 0 radical (unpaired) electrons. The summed E-state index contributed by atoms with van der Waals surface area (Å²) >= 11 is 0. The third-order valence-corrected chi connectivity index (χ3v) is 6.34. The van der Waals surface area contributed by atoms with Gasteiger partial charge in [-0.25, -0.2) is 4.98 Å². The van der Waals surface area contributed by atoms with Crippen LogP contribution in [-0.4, -0.2) is 61.6 Å². The molecule has 0 saturated carbocycles. The van der Waals surface area contributed by atoms with E-state index in [0.717, 1.165) is 38.5 Å². The normalized spacial score (nSPS) is 19.1. The predicted octanol–water partition coefficient (Wildman–Crippen LogP) is 3.19. The fraction of sp³-hybridized carbons (Fsp3) is 0.308. The van der Waals surface area contributed by atoms with Gasteiger partial charge in [0.15, 0.2) is 0 Å². The van der Waals surface area contributed by atoms with Crippen molar-refractivity contribution in [1.82, 2.24) is 15.2 Å². The summed E-state index contributed by atoms with van der Waals surface area (Å²) in [6, 6.07) is 27.0. The van der Waals surface area contributed by atoms with Crippen LogP contribution in [0, 0.1) is 0 Å². The number of piperazine rings is 2. The molecular formula is C26H29N5O. The van der Waals surface area contributed by atoms with E-state index in [1.807, 2.05) is 35.2 Å². The molecule has 0 bridgehead atoms. The standard InChI is InChI=1S/C26H29N5O/c32-26(30-18-16-29(17-19-30)22-10-5-2-6-11-22)23-12-7-13-25(28-23)31-15-14-27-24(20-31)21-8-3-1-4-9-21/h1-13,24,27H,14-20H2/t24-/m0/s1. The number of nitrogens with one attached hydrogen (secondary N) is 1. The zero-order valence-electron chi connectivity index (χ0n) is 18.2. The summed E-state index contributed by atoms with van der Waals surface area (Å²) in [6.45, 7) is 5.71. The topological polar surface area (TPSA) is 51.7 Å². The second kappa shape index (κ2) is 9.40. The lowest BCUT2D eigenvalue weighted by Gasteiger charge is -2.36. The van der Waals surface area contributed by atoms with Crippen LogP contribution in [0.3, 0.4) is 0 Å². The third-order valence-electron chi connectivity index (χ3n) is 6.34. The predicted molar refractivity (Wildman–Crippen MR) is 128 cm³/mol. The second-order valence-electron chi connectivity index (χ2n) is 8.36. The largest absolute Gasteiger partial charge is 0.368 e. The monoisotopic (exact) mass is 427 g/mol. The molecule has 5 rings (SSSR count). The maximum absolute atomic E-state index is 13.2. The number of benzene rings is 2. The van der Waals surface area contributed by atoms with Crippen molar-refractivity contribution in [3.63, 3.8) is 0 Å². The fourth-order valence-corrected chi connectivity index (χ4v) is 4.55. The van der Waals surface area contributed by atoms with Crippen LogP contribution in [0.4, 0.5) is 11.5 Å². The molecule has 1 aromatic heterocycles. The molecule has 0 spiro atoms. The van der Waals surface area contributed by atoms with Gasteiger partial charge < -0.3 is 20.0 Å². The molecule has 2 saturated heterocycles. The molecule has 6 nitrogen and oxygen atoms in total. The lowest BCUT2D eigenvalue weighted by Crippen LogP contribution is -2.49. The van der Waals surface area contributed by atoms with E-state index in [9.17, 15) is 4.79 Å². The Kier molecular flexibility index (Phi) is 6.03. The maximum Gasteiger partial charge on any atom is 0.272 e.